The van der Waals surface area contributed by atoms with Crippen molar-refractivity contribution in [3.8, 4) is 0 Å². The molecule has 0 unspecified atom stereocenters. The first-order chi connectivity index (χ1) is 21.6. The third kappa shape index (κ3) is 11.9. The fourth-order valence-electron chi connectivity index (χ4n) is 3.20. The van der Waals surface area contributed by atoms with E-state index in [2.05, 4.69) is 38.9 Å². The number of hydrogen-bond acceptors (Lipinski definition) is 18. The van der Waals surface area contributed by atoms with Crippen molar-refractivity contribution in [2.24, 2.45) is 0 Å². The molecule has 2 aromatic carbocycles. The van der Waals surface area contributed by atoms with Gasteiger partial charge in [0.25, 0.3) is 11.4 Å². The van der Waals surface area contributed by atoms with Crippen LogP contribution in [0.5, 0.6) is 0 Å². The average molecular weight is 765 g/mol. The van der Waals surface area contributed by atoms with Crippen LogP contribution in [0.1, 0.15) is 13.8 Å². The van der Waals surface area contributed by atoms with E-state index in [1.54, 1.807) is 0 Å². The number of benzene rings is 2. The van der Waals surface area contributed by atoms with Crippen LogP contribution in [-0.2, 0) is 42.0 Å². The molecule has 0 aromatic heterocycles. The van der Waals surface area contributed by atoms with Crippen molar-refractivity contribution in [1.82, 2.24) is 0 Å². The summed E-state index contributed by atoms with van der Waals surface area (Å²) in [5.41, 5.74) is -8.23. The zero-order valence-electron chi connectivity index (χ0n) is 25.1. The Hall–Kier alpha value is -4.64. The Kier molecular flexibility index (Phi) is 15.3. The van der Waals surface area contributed by atoms with Crippen molar-refractivity contribution in [1.29, 1.82) is 0 Å². The molecule has 0 aliphatic carbocycles. The molecule has 24 nitrogen and oxygen atoms in total. The van der Waals surface area contributed by atoms with Gasteiger partial charge in [0, 0.05) is 0 Å². The number of hydrogen-bond donors (Lipinski definition) is 0. The summed E-state index contributed by atoms with van der Waals surface area (Å²) in [6.07, 6.45) is 9.37. The van der Waals surface area contributed by atoms with Crippen LogP contribution < -0.4 is 0 Å². The summed E-state index contributed by atoms with van der Waals surface area (Å²) in [6, 6.07) is 0.658. The standard InChI is InChI=1S/C8H20S2.2C6H3N3O9S/c1-7(9(3)4)8(2)10(5)6;2*10-7(11)3-1-4(8(12)13)6(19(16,17)18)5(2-3)9(14)15/h7-8H,1-6H3;2*1-2H,(H,16,17,18)/q+2;;/p-2/t7-,8+;;. The molecule has 2 aromatic rings. The maximum absolute atomic E-state index is 10.8. The highest BCUT2D eigenvalue weighted by Crippen LogP contribution is 2.38. The van der Waals surface area contributed by atoms with Gasteiger partial charge < -0.3 is 9.11 Å². The molecule has 0 radical (unpaired) electrons. The van der Waals surface area contributed by atoms with Gasteiger partial charge in [-0.15, -0.1) is 0 Å². The van der Waals surface area contributed by atoms with Crippen LogP contribution in [0.2, 0.25) is 0 Å². The molecule has 0 amide bonds. The summed E-state index contributed by atoms with van der Waals surface area (Å²) >= 11 is 0. The van der Waals surface area contributed by atoms with Crippen molar-refractivity contribution in [2.45, 2.75) is 34.1 Å². The van der Waals surface area contributed by atoms with Crippen molar-refractivity contribution in [3.05, 3.63) is 85.0 Å². The molecule has 2 atom stereocenters. The maximum Gasteiger partial charge on any atom is 0.300 e. The predicted molar refractivity (Wildman–Crippen MR) is 166 cm³/mol. The second-order valence-corrected chi connectivity index (χ2v) is 16.9. The number of nitrogens with zero attached hydrogens (tertiary/aromatic N) is 6. The molecule has 0 bridgehead atoms. The van der Waals surface area contributed by atoms with E-state index in [0.717, 1.165) is 10.5 Å². The third-order valence-electron chi connectivity index (χ3n) is 5.93. The van der Waals surface area contributed by atoms with E-state index in [1.165, 1.54) is 0 Å². The summed E-state index contributed by atoms with van der Waals surface area (Å²) in [7, 11) is -9.91. The van der Waals surface area contributed by atoms with Crippen LogP contribution in [-0.4, -0.2) is 91.0 Å². The quantitative estimate of drug-likeness (QED) is 0.137. The molecule has 266 valence electrons. The van der Waals surface area contributed by atoms with E-state index in [0.29, 0.717) is 21.8 Å². The molecule has 0 aliphatic heterocycles. The first-order valence-electron chi connectivity index (χ1n) is 11.8. The summed E-state index contributed by atoms with van der Waals surface area (Å²) in [4.78, 5) is 51.7. The van der Waals surface area contributed by atoms with Gasteiger partial charge in [-0.1, -0.05) is 0 Å². The first-order valence-corrected chi connectivity index (χ1v) is 18.9. The van der Waals surface area contributed by atoms with Crippen LogP contribution >= 0.6 is 0 Å². The van der Waals surface area contributed by atoms with Gasteiger partial charge in [0.05, 0.1) is 78.8 Å². The van der Waals surface area contributed by atoms with E-state index >= 15 is 0 Å². The number of nitro benzene ring substituents is 6. The molecule has 0 heterocycles. The van der Waals surface area contributed by atoms with Gasteiger partial charge in [0.2, 0.25) is 9.79 Å². The number of rotatable bonds is 11. The predicted octanol–water partition coefficient (Wildman–Crippen LogP) is 2.15. The lowest BCUT2D eigenvalue weighted by Gasteiger charge is -2.13. The highest BCUT2D eigenvalue weighted by atomic mass is 32.2. The molecular weight excluding hydrogens is 741 g/mol. The van der Waals surface area contributed by atoms with Crippen molar-refractivity contribution < 1.29 is 55.5 Å². The van der Waals surface area contributed by atoms with Gasteiger partial charge in [-0.25, -0.2) is 16.8 Å². The Morgan fingerprint density at radius 1 is 0.479 bits per heavy atom. The lowest BCUT2D eigenvalue weighted by Crippen LogP contribution is -2.33. The van der Waals surface area contributed by atoms with E-state index < -0.39 is 93.7 Å². The van der Waals surface area contributed by atoms with Crippen LogP contribution in [0.4, 0.5) is 34.1 Å². The number of non-ortho nitro benzene ring substituents is 2. The Morgan fingerprint density at radius 2 is 0.667 bits per heavy atom. The van der Waals surface area contributed by atoms with E-state index in [4.69, 9.17) is 0 Å². The monoisotopic (exact) mass is 764 g/mol. The highest BCUT2D eigenvalue weighted by molar-refractivity contribution is 7.99. The highest BCUT2D eigenvalue weighted by Gasteiger charge is 2.36. The molecule has 0 saturated heterocycles. The fourth-order valence-corrected chi connectivity index (χ4v) is 7.63. The van der Waals surface area contributed by atoms with Gasteiger partial charge >= 0.3 is 22.7 Å². The Labute approximate surface area is 275 Å². The SMILES string of the molecule is C[C@H]([C@H](C)[S+](C)C)[S+](C)C.O=[N+]([O-])c1cc([N+](=O)[O-])c(S(=O)(=O)[O-])c([N+](=O)[O-])c1.O=[N+]([O-])c1cc([N+](=O)[O-])c(S(=O)(=O)[O-])c([N+](=O)[O-])c1. The van der Waals surface area contributed by atoms with Crippen molar-refractivity contribution in [3.63, 3.8) is 0 Å². The van der Waals surface area contributed by atoms with Crippen molar-refractivity contribution in [2.75, 3.05) is 25.0 Å². The minimum Gasteiger partial charge on any atom is -0.744 e. The molecule has 28 heteroatoms. The third-order valence-corrected chi connectivity index (χ3v) is 11.7. The van der Waals surface area contributed by atoms with Crippen LogP contribution in [0.25, 0.3) is 0 Å². The molecule has 0 aliphatic rings. The molecule has 0 saturated carbocycles. The van der Waals surface area contributed by atoms with Gasteiger partial charge in [0.1, 0.15) is 20.2 Å². The van der Waals surface area contributed by atoms with Gasteiger partial charge in [-0.2, -0.15) is 0 Å². The second-order valence-electron chi connectivity index (χ2n) is 9.25. The summed E-state index contributed by atoms with van der Waals surface area (Å²) in [6.45, 7) is 4.75. The topological polar surface area (TPSA) is 373 Å². The minimum atomic E-state index is -5.55. The molecule has 0 fully saturated rings. The summed E-state index contributed by atoms with van der Waals surface area (Å²) < 4.78 is 65.0. The van der Waals surface area contributed by atoms with Gasteiger partial charge in [0.15, 0.2) is 10.5 Å². The Morgan fingerprint density at radius 3 is 0.771 bits per heavy atom. The molecule has 2 rings (SSSR count). The van der Waals surface area contributed by atoms with Crippen molar-refractivity contribution >= 4 is 76.2 Å². The molecule has 48 heavy (non-hydrogen) atoms. The smallest absolute Gasteiger partial charge is 0.300 e. The lowest BCUT2D eigenvalue weighted by atomic mass is 10.2. The van der Waals surface area contributed by atoms with Crippen LogP contribution in [0, 0.1) is 60.7 Å². The van der Waals surface area contributed by atoms with Gasteiger partial charge in [-0.05, 0) is 35.6 Å². The van der Waals surface area contributed by atoms with Gasteiger partial charge in [-0.3, -0.25) is 60.7 Å². The zero-order chi connectivity index (χ0) is 38.2. The maximum atomic E-state index is 10.8. The second kappa shape index (κ2) is 17.0. The molecule has 0 spiro atoms. The number of nitro groups is 6. The zero-order valence-corrected chi connectivity index (χ0v) is 28.4. The summed E-state index contributed by atoms with van der Waals surface area (Å²) in [5, 5.41) is 65.0. The lowest BCUT2D eigenvalue weighted by molar-refractivity contribution is -0.407. The largest absolute Gasteiger partial charge is 0.744 e. The van der Waals surface area contributed by atoms with Crippen LogP contribution in [0.3, 0.4) is 0 Å². The first kappa shape index (κ1) is 43.4. The summed E-state index contributed by atoms with van der Waals surface area (Å²) in [5.74, 6) is 0. The Bertz CT molecular complexity index is 1650. The normalized spacial score (nSPS) is 12.5. The minimum absolute atomic E-state index is 0.164. The molecule has 0 N–H and O–H groups in total. The van der Waals surface area contributed by atoms with E-state index in [-0.39, 0.29) is 24.3 Å². The van der Waals surface area contributed by atoms with Crippen LogP contribution in [0.15, 0.2) is 34.1 Å². The Balaban J connectivity index is 0.000000727. The average Bonchev–Trinajstić information content (AvgIpc) is 2.94. The van der Waals surface area contributed by atoms with E-state index in [9.17, 15) is 86.6 Å². The van der Waals surface area contributed by atoms with E-state index in [1.807, 2.05) is 0 Å². The molecular formula is C20H24N6O18S4. The fraction of sp³-hybridized carbons (Fsp3) is 0.400.